The van der Waals surface area contributed by atoms with Gasteiger partial charge in [-0.15, -0.1) is 0 Å². The molecule has 2 aromatic carbocycles. The third-order valence-electron chi connectivity index (χ3n) is 5.03. The maximum absolute atomic E-state index is 13.1. The smallest absolute Gasteiger partial charge is 0.357 e. The maximum Gasteiger partial charge on any atom is 0.357 e. The Bertz CT molecular complexity index is 1270. The average Bonchev–Trinajstić information content (AvgIpc) is 3.34. The summed E-state index contributed by atoms with van der Waals surface area (Å²) >= 11 is 0. The summed E-state index contributed by atoms with van der Waals surface area (Å²) < 4.78 is 51.5. The molecule has 4 rings (SSSR count). The molecule has 12 heteroatoms. The Morgan fingerprint density at radius 2 is 1.74 bits per heavy atom. The van der Waals surface area contributed by atoms with Gasteiger partial charge in [-0.05, 0) is 48.5 Å². The lowest BCUT2D eigenvalue weighted by molar-refractivity contribution is -0.119. The summed E-state index contributed by atoms with van der Waals surface area (Å²) in [7, 11) is -3.64. The third-order valence-corrected chi connectivity index (χ3v) is 6.95. The number of hydrogen-bond acceptors (Lipinski definition) is 7. The zero-order chi connectivity index (χ0) is 24.1. The standard InChI is InChI=1S/C22H21FN4O6S/c23-16-1-5-18(6-2-16)27-15-24-13-20(27)22(29)33-14-21(28)25-17-3-7-19(8-4-17)34(30,31)26-9-11-32-12-10-26/h1-8,13,15H,9-12,14H2,(H,25,28). The summed E-state index contributed by atoms with van der Waals surface area (Å²) in [5.41, 5.74) is 0.915. The van der Waals surface area contributed by atoms with E-state index in [0.29, 0.717) is 24.6 Å². The monoisotopic (exact) mass is 488 g/mol. The summed E-state index contributed by atoms with van der Waals surface area (Å²) in [6.07, 6.45) is 2.65. The number of hydrogen-bond donors (Lipinski definition) is 1. The molecule has 1 aromatic heterocycles. The molecule has 2 heterocycles. The molecule has 0 atom stereocenters. The molecule has 1 N–H and O–H groups in total. The van der Waals surface area contributed by atoms with Crippen molar-refractivity contribution in [3.05, 3.63) is 72.6 Å². The number of anilines is 1. The predicted octanol–water partition coefficient (Wildman–Crippen LogP) is 1.83. The van der Waals surface area contributed by atoms with Crippen molar-refractivity contribution in [2.24, 2.45) is 0 Å². The highest BCUT2D eigenvalue weighted by atomic mass is 32.2. The van der Waals surface area contributed by atoms with Gasteiger partial charge < -0.3 is 14.8 Å². The minimum absolute atomic E-state index is 0.0667. The molecule has 178 valence electrons. The molecule has 0 saturated carbocycles. The number of halogens is 1. The summed E-state index contributed by atoms with van der Waals surface area (Å²) in [6.45, 7) is 0.688. The van der Waals surface area contributed by atoms with Crippen LogP contribution in [-0.4, -0.2) is 67.1 Å². The van der Waals surface area contributed by atoms with Crippen LogP contribution in [0.4, 0.5) is 10.1 Å². The van der Waals surface area contributed by atoms with Gasteiger partial charge in [0.05, 0.1) is 30.6 Å². The quantitative estimate of drug-likeness (QED) is 0.504. The molecule has 0 unspecified atom stereocenters. The molecule has 0 radical (unpaired) electrons. The molecule has 1 amide bonds. The number of rotatable bonds is 7. The van der Waals surface area contributed by atoms with Gasteiger partial charge >= 0.3 is 5.97 Å². The first kappa shape index (κ1) is 23.5. The fraction of sp³-hybridized carbons (Fsp3) is 0.227. The molecule has 0 bridgehead atoms. The number of nitrogens with zero attached hydrogens (tertiary/aromatic N) is 3. The number of morpholine rings is 1. The normalized spacial score (nSPS) is 14.5. The van der Waals surface area contributed by atoms with Gasteiger partial charge in [-0.3, -0.25) is 9.36 Å². The van der Waals surface area contributed by atoms with E-state index in [1.165, 1.54) is 69.9 Å². The zero-order valence-electron chi connectivity index (χ0n) is 17.9. The van der Waals surface area contributed by atoms with E-state index >= 15 is 0 Å². The highest BCUT2D eigenvalue weighted by Crippen LogP contribution is 2.19. The number of amides is 1. The Balaban J connectivity index is 1.33. The van der Waals surface area contributed by atoms with Crippen molar-refractivity contribution in [2.45, 2.75) is 4.90 Å². The van der Waals surface area contributed by atoms with Crippen LogP contribution in [0.25, 0.3) is 5.69 Å². The largest absolute Gasteiger partial charge is 0.451 e. The van der Waals surface area contributed by atoms with E-state index in [9.17, 15) is 22.4 Å². The van der Waals surface area contributed by atoms with Crippen LogP contribution in [0, 0.1) is 5.82 Å². The Morgan fingerprint density at radius 1 is 1.06 bits per heavy atom. The molecule has 1 aliphatic rings. The van der Waals surface area contributed by atoms with Gasteiger partial charge in [0.2, 0.25) is 10.0 Å². The number of carbonyl (C=O) groups excluding carboxylic acids is 2. The minimum Gasteiger partial charge on any atom is -0.451 e. The van der Waals surface area contributed by atoms with E-state index < -0.39 is 34.3 Å². The van der Waals surface area contributed by atoms with Crippen molar-refractivity contribution in [2.75, 3.05) is 38.2 Å². The van der Waals surface area contributed by atoms with Crippen molar-refractivity contribution < 1.29 is 31.9 Å². The number of aromatic nitrogens is 2. The van der Waals surface area contributed by atoms with Crippen LogP contribution in [0.2, 0.25) is 0 Å². The van der Waals surface area contributed by atoms with Gasteiger partial charge in [-0.1, -0.05) is 0 Å². The molecular weight excluding hydrogens is 467 g/mol. The summed E-state index contributed by atoms with van der Waals surface area (Å²) in [6, 6.07) is 11.1. The number of esters is 1. The third kappa shape index (κ3) is 5.30. The lowest BCUT2D eigenvalue weighted by atomic mass is 10.3. The molecule has 0 spiro atoms. The van der Waals surface area contributed by atoms with Crippen LogP contribution in [0.1, 0.15) is 10.5 Å². The predicted molar refractivity (Wildman–Crippen MR) is 118 cm³/mol. The topological polar surface area (TPSA) is 120 Å². The number of nitrogens with one attached hydrogen (secondary N) is 1. The molecule has 3 aromatic rings. The fourth-order valence-electron chi connectivity index (χ4n) is 3.30. The van der Waals surface area contributed by atoms with Crippen LogP contribution in [0.3, 0.4) is 0 Å². The zero-order valence-corrected chi connectivity index (χ0v) is 18.7. The van der Waals surface area contributed by atoms with Gasteiger partial charge in [0.15, 0.2) is 12.3 Å². The maximum atomic E-state index is 13.1. The van der Waals surface area contributed by atoms with Crippen molar-refractivity contribution in [3.63, 3.8) is 0 Å². The van der Waals surface area contributed by atoms with Crippen molar-refractivity contribution in [1.29, 1.82) is 0 Å². The molecule has 34 heavy (non-hydrogen) atoms. The second kappa shape index (κ2) is 10.1. The SMILES string of the molecule is O=C(COC(=O)c1cncn1-c1ccc(F)cc1)Nc1ccc(S(=O)(=O)N2CCOCC2)cc1. The number of imidazole rings is 1. The Morgan fingerprint density at radius 3 is 2.41 bits per heavy atom. The van der Waals surface area contributed by atoms with Crippen molar-refractivity contribution >= 4 is 27.6 Å². The molecular formula is C22H21FN4O6S. The second-order valence-corrected chi connectivity index (χ2v) is 9.23. The average molecular weight is 488 g/mol. The molecule has 0 aliphatic carbocycles. The molecule has 1 saturated heterocycles. The van der Waals surface area contributed by atoms with Gasteiger partial charge in [-0.25, -0.2) is 22.6 Å². The van der Waals surface area contributed by atoms with E-state index in [4.69, 9.17) is 9.47 Å². The van der Waals surface area contributed by atoms with Gasteiger partial charge in [0.25, 0.3) is 5.91 Å². The van der Waals surface area contributed by atoms with E-state index in [0.717, 1.165) is 0 Å². The highest BCUT2D eigenvalue weighted by Gasteiger charge is 2.26. The van der Waals surface area contributed by atoms with Crippen LogP contribution in [0.15, 0.2) is 66.0 Å². The summed E-state index contributed by atoms with van der Waals surface area (Å²) in [5, 5.41) is 2.54. The minimum atomic E-state index is -3.64. The second-order valence-electron chi connectivity index (χ2n) is 7.29. The first-order valence-electron chi connectivity index (χ1n) is 10.3. The molecule has 10 nitrogen and oxygen atoms in total. The van der Waals surface area contributed by atoms with E-state index in [1.807, 2.05) is 0 Å². The van der Waals surface area contributed by atoms with Crippen molar-refractivity contribution in [1.82, 2.24) is 13.9 Å². The van der Waals surface area contributed by atoms with Crippen LogP contribution in [-0.2, 0) is 24.3 Å². The van der Waals surface area contributed by atoms with Crippen LogP contribution in [0.5, 0.6) is 0 Å². The van der Waals surface area contributed by atoms with Crippen LogP contribution < -0.4 is 5.32 Å². The van der Waals surface area contributed by atoms with Crippen molar-refractivity contribution in [3.8, 4) is 5.69 Å². The van der Waals surface area contributed by atoms with Gasteiger partial charge in [0, 0.05) is 24.5 Å². The number of carbonyl (C=O) groups is 2. The highest BCUT2D eigenvalue weighted by molar-refractivity contribution is 7.89. The number of sulfonamides is 1. The first-order valence-corrected chi connectivity index (χ1v) is 11.7. The number of ether oxygens (including phenoxy) is 2. The molecule has 1 fully saturated rings. The fourth-order valence-corrected chi connectivity index (χ4v) is 4.71. The van der Waals surface area contributed by atoms with Gasteiger partial charge in [-0.2, -0.15) is 4.31 Å². The van der Waals surface area contributed by atoms with Crippen LogP contribution >= 0.6 is 0 Å². The Labute approximate surface area is 195 Å². The molecule has 1 aliphatic heterocycles. The summed E-state index contributed by atoms with van der Waals surface area (Å²) in [4.78, 5) is 28.6. The van der Waals surface area contributed by atoms with E-state index in [1.54, 1.807) is 0 Å². The number of benzene rings is 2. The lowest BCUT2D eigenvalue weighted by Crippen LogP contribution is -2.40. The Hall–Kier alpha value is -3.61. The summed E-state index contributed by atoms with van der Waals surface area (Å²) in [5.74, 6) is -1.81. The van der Waals surface area contributed by atoms with E-state index in [-0.39, 0.29) is 23.7 Å². The van der Waals surface area contributed by atoms with Gasteiger partial charge in [0.1, 0.15) is 5.82 Å². The first-order chi connectivity index (χ1) is 16.3. The van der Waals surface area contributed by atoms with E-state index in [2.05, 4.69) is 10.3 Å². The Kier molecular flexibility index (Phi) is 7.01. The lowest BCUT2D eigenvalue weighted by Gasteiger charge is -2.26.